The highest BCUT2D eigenvalue weighted by atomic mass is 16.3. The molecule has 1 aliphatic heterocycles. The fraction of sp³-hybridized carbons (Fsp3) is 0.722. The number of likely N-dealkylation sites (tertiary alicyclic amines) is 1. The molecule has 0 unspecified atom stereocenters. The average Bonchev–Trinajstić information content (AvgIpc) is 3.09. The van der Waals surface area contributed by atoms with Gasteiger partial charge in [0.25, 0.3) is 5.91 Å². The molecule has 2 rings (SSSR count). The molecule has 0 bridgehead atoms. The maximum Gasteiger partial charge on any atom is 0.255 e. The highest BCUT2D eigenvalue weighted by Gasteiger charge is 2.36. The van der Waals surface area contributed by atoms with Gasteiger partial charge in [-0.2, -0.15) is 0 Å². The number of aliphatic hydroxyl groups excluding tert-OH is 1. The van der Waals surface area contributed by atoms with Crippen LogP contribution in [0.5, 0.6) is 0 Å². The van der Waals surface area contributed by atoms with Crippen molar-refractivity contribution in [3.63, 3.8) is 0 Å². The summed E-state index contributed by atoms with van der Waals surface area (Å²) in [5.41, 5.74) is 1.77. The molecule has 1 fully saturated rings. The Labute approximate surface area is 145 Å². The van der Waals surface area contributed by atoms with Gasteiger partial charge in [0.2, 0.25) is 0 Å². The van der Waals surface area contributed by atoms with Crippen LogP contribution in [0.15, 0.2) is 12.3 Å². The van der Waals surface area contributed by atoms with Crippen LogP contribution in [0.2, 0.25) is 0 Å². The number of likely N-dealkylation sites (N-methyl/N-ethyl adjacent to an activating group) is 2. The van der Waals surface area contributed by atoms with Crippen LogP contribution in [0, 0.1) is 18.8 Å². The Morgan fingerprint density at radius 2 is 1.92 bits per heavy atom. The molecule has 2 heterocycles. The molecule has 6 nitrogen and oxygen atoms in total. The first kappa shape index (κ1) is 19.0. The Kier molecular flexibility index (Phi) is 6.43. The van der Waals surface area contributed by atoms with E-state index < -0.39 is 0 Å². The van der Waals surface area contributed by atoms with Gasteiger partial charge < -0.3 is 24.4 Å². The Balaban J connectivity index is 1.98. The number of aryl methyl sites for hydroxylation is 1. The average molecular weight is 336 g/mol. The minimum atomic E-state index is 0.0880. The summed E-state index contributed by atoms with van der Waals surface area (Å²) in [7, 11) is 8.21. The van der Waals surface area contributed by atoms with Crippen LogP contribution < -0.4 is 0 Å². The minimum Gasteiger partial charge on any atom is -0.396 e. The van der Waals surface area contributed by atoms with Gasteiger partial charge in [0.1, 0.15) is 0 Å². The van der Waals surface area contributed by atoms with Gasteiger partial charge in [0, 0.05) is 64.2 Å². The summed E-state index contributed by atoms with van der Waals surface area (Å²) in [6.45, 7) is 6.41. The Hall–Kier alpha value is -1.37. The second-order valence-corrected chi connectivity index (χ2v) is 7.40. The van der Waals surface area contributed by atoms with E-state index in [4.69, 9.17) is 0 Å². The summed E-state index contributed by atoms with van der Waals surface area (Å²) in [5, 5.41) is 9.73. The van der Waals surface area contributed by atoms with Crippen molar-refractivity contribution in [1.82, 2.24) is 19.3 Å². The maximum atomic E-state index is 12.8. The molecular formula is C18H32N4O2. The van der Waals surface area contributed by atoms with Gasteiger partial charge in [0.05, 0.1) is 5.56 Å². The highest BCUT2D eigenvalue weighted by molar-refractivity contribution is 5.95. The molecule has 136 valence electrons. The smallest absolute Gasteiger partial charge is 0.255 e. The van der Waals surface area contributed by atoms with E-state index in [0.29, 0.717) is 12.5 Å². The lowest BCUT2D eigenvalue weighted by Gasteiger charge is -2.25. The van der Waals surface area contributed by atoms with E-state index in [2.05, 4.69) is 30.9 Å². The third kappa shape index (κ3) is 4.37. The summed E-state index contributed by atoms with van der Waals surface area (Å²) in [5.74, 6) is 0.583. The number of rotatable bonds is 7. The molecule has 1 N–H and O–H groups in total. The first-order valence-corrected chi connectivity index (χ1v) is 8.68. The molecular weight excluding hydrogens is 304 g/mol. The van der Waals surface area contributed by atoms with Gasteiger partial charge in [-0.25, -0.2) is 0 Å². The van der Waals surface area contributed by atoms with Crippen molar-refractivity contribution in [3.8, 4) is 0 Å². The highest BCUT2D eigenvalue weighted by Crippen LogP contribution is 2.26. The van der Waals surface area contributed by atoms with Gasteiger partial charge >= 0.3 is 0 Å². The molecule has 2 atom stereocenters. The zero-order valence-corrected chi connectivity index (χ0v) is 15.7. The number of aromatic nitrogens is 1. The van der Waals surface area contributed by atoms with Crippen LogP contribution >= 0.6 is 0 Å². The molecule has 1 aromatic rings. The van der Waals surface area contributed by atoms with Crippen molar-refractivity contribution >= 4 is 5.91 Å². The lowest BCUT2D eigenvalue weighted by atomic mass is 9.96. The standard InChI is InChI=1S/C18H32N4O2/c1-14-17(6-7-21(14)5)18(24)22-11-15(16(12-22)13-23)10-20(4)9-8-19(2)3/h6-7,15-16,23H,8-13H2,1-5H3/t15-,16-/m1/s1. The summed E-state index contributed by atoms with van der Waals surface area (Å²) < 4.78 is 1.97. The summed E-state index contributed by atoms with van der Waals surface area (Å²) in [4.78, 5) is 19.2. The lowest BCUT2D eigenvalue weighted by Crippen LogP contribution is -2.35. The quantitative estimate of drug-likeness (QED) is 0.788. The van der Waals surface area contributed by atoms with Crippen molar-refractivity contribution < 1.29 is 9.90 Å². The third-order valence-electron chi connectivity index (χ3n) is 5.19. The number of amides is 1. The minimum absolute atomic E-state index is 0.0880. The fourth-order valence-corrected chi connectivity index (χ4v) is 3.39. The number of carbonyl (C=O) groups excluding carboxylic acids is 1. The molecule has 6 heteroatoms. The molecule has 0 spiro atoms. The van der Waals surface area contributed by atoms with E-state index in [-0.39, 0.29) is 18.4 Å². The van der Waals surface area contributed by atoms with Gasteiger partial charge in [-0.3, -0.25) is 4.79 Å². The molecule has 1 aromatic heterocycles. The van der Waals surface area contributed by atoms with Gasteiger partial charge in [-0.05, 0) is 40.1 Å². The Bertz CT molecular complexity index is 555. The Morgan fingerprint density at radius 3 is 2.46 bits per heavy atom. The molecule has 0 radical (unpaired) electrons. The molecule has 1 amide bonds. The van der Waals surface area contributed by atoms with E-state index in [0.717, 1.165) is 37.4 Å². The SMILES string of the molecule is Cc1c(C(=O)N2C[C@@H](CN(C)CCN(C)C)[C@@H](CO)C2)ccn1C. The van der Waals surface area contributed by atoms with Crippen molar-refractivity contribution in [2.45, 2.75) is 6.92 Å². The van der Waals surface area contributed by atoms with E-state index in [1.165, 1.54) is 0 Å². The number of hydrogen-bond acceptors (Lipinski definition) is 4. The van der Waals surface area contributed by atoms with Gasteiger partial charge in [0.15, 0.2) is 0 Å². The third-order valence-corrected chi connectivity index (χ3v) is 5.19. The second-order valence-electron chi connectivity index (χ2n) is 7.40. The lowest BCUT2D eigenvalue weighted by molar-refractivity contribution is 0.0778. The number of nitrogens with zero attached hydrogens (tertiary/aromatic N) is 4. The van der Waals surface area contributed by atoms with Crippen LogP contribution in [0.4, 0.5) is 0 Å². The molecule has 24 heavy (non-hydrogen) atoms. The summed E-state index contributed by atoms with van der Waals surface area (Å²) in [6, 6.07) is 1.89. The predicted octanol–water partition coefficient (Wildman–Crippen LogP) is 0.507. The van der Waals surface area contributed by atoms with Crippen molar-refractivity contribution in [1.29, 1.82) is 0 Å². The predicted molar refractivity (Wildman–Crippen MR) is 96.2 cm³/mol. The van der Waals surface area contributed by atoms with Crippen LogP contribution in [0.25, 0.3) is 0 Å². The Morgan fingerprint density at radius 1 is 1.25 bits per heavy atom. The molecule has 0 saturated carbocycles. The van der Waals surface area contributed by atoms with Crippen LogP contribution in [0.1, 0.15) is 16.1 Å². The first-order valence-electron chi connectivity index (χ1n) is 8.68. The van der Waals surface area contributed by atoms with Crippen molar-refractivity contribution in [2.75, 3.05) is 60.5 Å². The molecule has 1 saturated heterocycles. The van der Waals surface area contributed by atoms with Crippen molar-refractivity contribution in [3.05, 3.63) is 23.5 Å². The van der Waals surface area contributed by atoms with Crippen LogP contribution in [0.3, 0.4) is 0 Å². The first-order chi connectivity index (χ1) is 11.3. The molecule has 0 aliphatic carbocycles. The zero-order valence-electron chi connectivity index (χ0n) is 15.7. The van der Waals surface area contributed by atoms with Crippen molar-refractivity contribution in [2.24, 2.45) is 18.9 Å². The van der Waals surface area contributed by atoms with Crippen LogP contribution in [-0.2, 0) is 7.05 Å². The van der Waals surface area contributed by atoms with E-state index in [1.807, 2.05) is 35.7 Å². The molecule has 1 aliphatic rings. The fourth-order valence-electron chi connectivity index (χ4n) is 3.39. The number of hydrogen-bond donors (Lipinski definition) is 1. The maximum absolute atomic E-state index is 12.8. The molecule has 0 aromatic carbocycles. The topological polar surface area (TPSA) is 52.0 Å². The second kappa shape index (κ2) is 8.14. The van der Waals surface area contributed by atoms with E-state index in [9.17, 15) is 9.90 Å². The van der Waals surface area contributed by atoms with E-state index >= 15 is 0 Å². The van der Waals surface area contributed by atoms with E-state index in [1.54, 1.807) is 0 Å². The summed E-state index contributed by atoms with van der Waals surface area (Å²) >= 11 is 0. The largest absolute Gasteiger partial charge is 0.396 e. The number of aliphatic hydroxyl groups is 1. The normalized spacial score (nSPS) is 21.2. The summed E-state index contributed by atoms with van der Waals surface area (Å²) in [6.07, 6.45) is 1.93. The zero-order chi connectivity index (χ0) is 17.9. The van der Waals surface area contributed by atoms with Gasteiger partial charge in [-0.15, -0.1) is 0 Å². The van der Waals surface area contributed by atoms with Crippen LogP contribution in [-0.4, -0.2) is 90.8 Å². The number of carbonyl (C=O) groups is 1. The van der Waals surface area contributed by atoms with Gasteiger partial charge in [-0.1, -0.05) is 0 Å². The monoisotopic (exact) mass is 336 g/mol.